The normalized spacial score (nSPS) is 17.3. The lowest BCUT2D eigenvalue weighted by Crippen LogP contribution is -2.31. The molecule has 0 amide bonds. The largest absolute Gasteiger partial charge is 0.393 e. The number of aliphatic hydroxyl groups is 2. The van der Waals surface area contributed by atoms with Crippen molar-refractivity contribution in [3.8, 4) is 0 Å². The molecule has 0 fully saturated rings. The van der Waals surface area contributed by atoms with Crippen LogP contribution < -0.4 is 0 Å². The third-order valence-corrected chi connectivity index (χ3v) is 32.3. The second-order valence-corrected chi connectivity index (χ2v) is 63.5. The molecule has 22 atom stereocenters. The molecule has 2 N–H and O–H groups in total. The van der Waals surface area contributed by atoms with Gasteiger partial charge in [0.2, 0.25) is 0 Å². The van der Waals surface area contributed by atoms with Gasteiger partial charge in [-0.25, -0.2) is 0 Å². The van der Waals surface area contributed by atoms with Gasteiger partial charge in [-0.3, -0.25) is 0 Å². The van der Waals surface area contributed by atoms with E-state index < -0.39 is 0 Å². The van der Waals surface area contributed by atoms with Gasteiger partial charge in [-0.15, -0.1) is 0 Å². The standard InChI is InChI=1S/3C11H24O.3C9H20O.4C9H20.3C8H18O.C8H18.C7H16O/c2*1-8(2)12-10(4)9(3)11(5,6)7;1-7-8-12-10(3)9(2)11(4,5)6;3*1-7(8(2)10-6)9(3,4)5;4*1-7(2)8(3)9(4,5)6;2*1-7(9-5)6-8(2,3)4;1-6(7(2)9)8(3,4)5;1-6-7(2)8(3,4)5;1-6(8)5-7(2,3)4/h2*8-10H,1-7H3;9-10H,7-8H2,1-6H3;3*7-8H,1-6H3;4*7-8H,1-6H3;2*7H,6H2,1-5H3;6-7,9H,1-5H3;7H,6H2,1-5H3;6,8H,5H2,1-4H3/t9-,10+;9-,10-;9-,10+;2*7-,8+;7-,8-;4*8-;2*7-;6-,7+;7-;6-/m000101100010000/s1. The molecular weight excluding hydrogens is 1780 g/mol. The molecule has 0 aromatic rings. The smallest absolute Gasteiger partial charge is 0.0580 e. The van der Waals surface area contributed by atoms with Crippen LogP contribution in [0.25, 0.3) is 0 Å². The topological polar surface area (TPSA) is 114 Å². The van der Waals surface area contributed by atoms with Gasteiger partial charge in [0.1, 0.15) is 0 Å². The highest BCUT2D eigenvalue weighted by atomic mass is 16.5. The van der Waals surface area contributed by atoms with Crippen molar-refractivity contribution in [2.75, 3.05) is 42.2 Å². The number of methoxy groups -OCH3 is 5. The zero-order chi connectivity index (χ0) is 122. The molecule has 0 heterocycles. The first-order chi connectivity index (χ1) is 63.1. The lowest BCUT2D eigenvalue weighted by atomic mass is 9.76. The Labute approximate surface area is 926 Å². The van der Waals surface area contributed by atoms with Crippen molar-refractivity contribution in [1.29, 1.82) is 0 Å². The average molecular weight is 2080 g/mol. The van der Waals surface area contributed by atoms with E-state index in [0.717, 1.165) is 85.6 Å². The summed E-state index contributed by atoms with van der Waals surface area (Å²) in [6.45, 7) is 181. The Kier molecular flexibility index (Phi) is 102. The number of rotatable bonds is 27. The van der Waals surface area contributed by atoms with Crippen molar-refractivity contribution >= 4 is 0 Å². The van der Waals surface area contributed by atoms with E-state index in [-0.39, 0.29) is 23.0 Å². The second kappa shape index (κ2) is 83.0. The van der Waals surface area contributed by atoms with E-state index in [4.69, 9.17) is 48.1 Å². The molecule has 0 unspecified atom stereocenters. The molecular formula is C135H300O10. The van der Waals surface area contributed by atoms with Gasteiger partial charge in [-0.05, 0) is 299 Å². The number of ether oxygens (including phenoxy) is 8. The van der Waals surface area contributed by atoms with Gasteiger partial charge < -0.3 is 48.1 Å². The minimum Gasteiger partial charge on any atom is -0.393 e. The van der Waals surface area contributed by atoms with Crippen LogP contribution in [-0.2, 0) is 37.9 Å². The fourth-order valence-corrected chi connectivity index (χ4v) is 14.5. The maximum atomic E-state index is 9.16. The Bertz CT molecular complexity index is 2480. The number of aliphatic hydroxyl groups excluding tert-OH is 2. The summed E-state index contributed by atoms with van der Waals surface area (Å²) in [5, 5.41) is 18.0. The first kappa shape index (κ1) is 178. The molecule has 0 saturated heterocycles. The van der Waals surface area contributed by atoms with E-state index in [1.165, 1.54) is 6.42 Å². The van der Waals surface area contributed by atoms with Crippen molar-refractivity contribution in [1.82, 2.24) is 0 Å². The van der Waals surface area contributed by atoms with Crippen molar-refractivity contribution in [3.05, 3.63) is 0 Å². The summed E-state index contributed by atoms with van der Waals surface area (Å²) in [6.07, 6.45) is 8.83. The second-order valence-electron chi connectivity index (χ2n) is 63.5. The highest BCUT2D eigenvalue weighted by molar-refractivity contribution is 4.83. The first-order valence-corrected chi connectivity index (χ1v) is 59.1. The highest BCUT2D eigenvalue weighted by Crippen LogP contribution is 2.39. The molecule has 0 aliphatic rings. The summed E-state index contributed by atoms with van der Waals surface area (Å²) in [5.74, 6) is 11.4. The maximum Gasteiger partial charge on any atom is 0.0580 e. The van der Waals surface area contributed by atoms with Gasteiger partial charge in [-0.2, -0.15) is 0 Å². The Balaban J connectivity index is -0.0000000962. The third kappa shape index (κ3) is 120. The fraction of sp³-hybridized carbons (Fsp3) is 1.00. The minimum atomic E-state index is -0.190. The summed E-state index contributed by atoms with van der Waals surface area (Å²) in [5.41, 5.74) is 5.84. The quantitative estimate of drug-likeness (QED) is 0.0824. The monoisotopic (exact) mass is 2080 g/mol. The Morgan fingerprint density at radius 1 is 0.193 bits per heavy atom. The van der Waals surface area contributed by atoms with Gasteiger partial charge in [-0.1, -0.05) is 470 Å². The minimum absolute atomic E-state index is 0.157. The average Bonchev–Trinajstić information content (AvgIpc) is 0.882. The van der Waals surface area contributed by atoms with Crippen molar-refractivity contribution < 1.29 is 48.1 Å². The predicted molar refractivity (Wildman–Crippen MR) is 668 cm³/mol. The van der Waals surface area contributed by atoms with E-state index in [0.29, 0.717) is 173 Å². The van der Waals surface area contributed by atoms with Gasteiger partial charge in [0.25, 0.3) is 0 Å². The van der Waals surface area contributed by atoms with Gasteiger partial charge in [0, 0.05) is 42.2 Å². The zero-order valence-electron chi connectivity index (χ0n) is 118. The molecule has 10 nitrogen and oxygen atoms in total. The molecule has 0 aromatic heterocycles. The Morgan fingerprint density at radius 3 is 0.421 bits per heavy atom. The summed E-state index contributed by atoms with van der Waals surface area (Å²) < 4.78 is 43.1. The molecule has 900 valence electrons. The number of hydrogen-bond donors (Lipinski definition) is 2. The van der Waals surface area contributed by atoms with Crippen LogP contribution in [0.3, 0.4) is 0 Å². The van der Waals surface area contributed by atoms with Crippen LogP contribution in [-0.4, -0.2) is 126 Å². The van der Waals surface area contributed by atoms with E-state index in [1.54, 1.807) is 35.5 Å². The van der Waals surface area contributed by atoms with Crippen molar-refractivity contribution in [2.24, 2.45) is 176 Å². The Hall–Kier alpha value is -0.400. The van der Waals surface area contributed by atoms with Crippen LogP contribution >= 0.6 is 0 Å². The van der Waals surface area contributed by atoms with Crippen LogP contribution in [0.1, 0.15) is 593 Å². The van der Waals surface area contributed by atoms with Crippen molar-refractivity contribution in [3.63, 3.8) is 0 Å². The number of hydrogen-bond acceptors (Lipinski definition) is 10. The summed E-state index contributed by atoms with van der Waals surface area (Å²) >= 11 is 0. The molecule has 10 heteroatoms. The Morgan fingerprint density at radius 2 is 0.359 bits per heavy atom. The van der Waals surface area contributed by atoms with Crippen LogP contribution in [0.2, 0.25) is 0 Å². The third-order valence-electron chi connectivity index (χ3n) is 32.3. The van der Waals surface area contributed by atoms with Crippen molar-refractivity contribution in [2.45, 2.75) is 666 Å². The summed E-state index contributed by atoms with van der Waals surface area (Å²) in [6, 6.07) is 0. The van der Waals surface area contributed by atoms with E-state index in [1.807, 2.05) is 13.8 Å². The van der Waals surface area contributed by atoms with Gasteiger partial charge in [0.15, 0.2) is 0 Å². The first-order valence-electron chi connectivity index (χ1n) is 59.1. The zero-order valence-corrected chi connectivity index (χ0v) is 118. The molecule has 0 radical (unpaired) electrons. The molecule has 0 aliphatic carbocycles. The lowest BCUT2D eigenvalue weighted by Gasteiger charge is -2.33. The van der Waals surface area contributed by atoms with Crippen LogP contribution in [0.4, 0.5) is 0 Å². The summed E-state index contributed by atoms with van der Waals surface area (Å²) in [4.78, 5) is 0. The SMILES string of the molecule is CC(C)O[C@@H](C)[C@H](C)C(C)(C)C.CC(C)O[C@H](C)[C@H](C)C(C)(C)C.CC(C)[C@@H](C)C(C)(C)C.CC(C)[C@H](C)C(C)(C)C.CC(C)[C@H](C)C(C)(C)C.CC(C)[C@H](C)C(C)(C)C.CCCO[C@H](C)[C@H](C)C(C)(C)C.CC[C@H](C)C(C)(C)C.CO[C@@H](C)CC(C)(C)C.CO[C@@H](C)[C@@H](C)C(C)(C)C.CO[C@H](C)CC(C)(C)C.CO[C@H](C)[C@@H](C)C(C)(C)C.CO[C@H](C)[C@H](C)C(C)(C)C.C[C@@H](O)[C@H](C)C(C)(C)C.C[C@H](O)CC(C)(C)C. The van der Waals surface area contributed by atoms with Crippen LogP contribution in [0.5, 0.6) is 0 Å². The highest BCUT2D eigenvalue weighted by Gasteiger charge is 2.33. The molecule has 0 aliphatic heterocycles. The van der Waals surface area contributed by atoms with Gasteiger partial charge >= 0.3 is 0 Å². The molecule has 0 saturated carbocycles. The molecule has 0 spiro atoms. The maximum absolute atomic E-state index is 9.16. The van der Waals surface area contributed by atoms with E-state index in [2.05, 4.69) is 547 Å². The molecule has 0 rings (SSSR count). The van der Waals surface area contributed by atoms with E-state index in [9.17, 15) is 0 Å². The predicted octanol–water partition coefficient (Wildman–Crippen LogP) is 43.7. The van der Waals surface area contributed by atoms with Crippen LogP contribution in [0, 0.1) is 176 Å². The van der Waals surface area contributed by atoms with Crippen LogP contribution in [0.15, 0.2) is 0 Å². The van der Waals surface area contributed by atoms with Gasteiger partial charge in [0.05, 0.1) is 73.2 Å². The molecule has 0 aromatic carbocycles. The fourth-order valence-electron chi connectivity index (χ4n) is 14.5. The summed E-state index contributed by atoms with van der Waals surface area (Å²) in [7, 11) is 8.83. The van der Waals surface area contributed by atoms with E-state index >= 15 is 0 Å². The molecule has 0 bridgehead atoms. The molecule has 145 heavy (non-hydrogen) atoms. The lowest BCUT2D eigenvalue weighted by molar-refractivity contribution is -0.0386.